The molecule has 1 aliphatic heterocycles. The average molecular weight is 502 g/mol. The first kappa shape index (κ1) is 24.4. The van der Waals surface area contributed by atoms with Gasteiger partial charge in [-0.05, 0) is 42.6 Å². The zero-order valence-corrected chi connectivity index (χ0v) is 20.4. The van der Waals surface area contributed by atoms with Crippen molar-refractivity contribution in [3.63, 3.8) is 0 Å². The van der Waals surface area contributed by atoms with E-state index < -0.39 is 10.0 Å². The van der Waals surface area contributed by atoms with Crippen molar-refractivity contribution in [2.24, 2.45) is 0 Å². The Labute approximate surface area is 204 Å². The highest BCUT2D eigenvalue weighted by atomic mass is 35.5. The Hall–Kier alpha value is -2.72. The van der Waals surface area contributed by atoms with E-state index in [1.165, 1.54) is 10.7 Å². The van der Waals surface area contributed by atoms with Gasteiger partial charge in [-0.2, -0.15) is 5.10 Å². The van der Waals surface area contributed by atoms with E-state index in [-0.39, 0.29) is 28.7 Å². The number of aromatic nitrogens is 2. The van der Waals surface area contributed by atoms with Crippen molar-refractivity contribution < 1.29 is 8.42 Å². The number of aryl methyl sites for hydroxylation is 1. The predicted molar refractivity (Wildman–Crippen MR) is 135 cm³/mol. The monoisotopic (exact) mass is 501 g/mol. The number of hydrogen-bond donors (Lipinski definition) is 2. The van der Waals surface area contributed by atoms with Crippen LogP contribution in [0.15, 0.2) is 70.4 Å². The molecule has 1 saturated heterocycles. The first-order valence-electron chi connectivity index (χ1n) is 11.3. The molecule has 0 saturated carbocycles. The second kappa shape index (κ2) is 11.1. The summed E-state index contributed by atoms with van der Waals surface area (Å²) in [6.45, 7) is 3.77. The van der Waals surface area contributed by atoms with E-state index in [9.17, 15) is 13.2 Å². The van der Waals surface area contributed by atoms with E-state index in [2.05, 4.69) is 20.0 Å². The molecule has 0 aliphatic carbocycles. The van der Waals surface area contributed by atoms with Gasteiger partial charge in [-0.3, -0.25) is 4.79 Å². The van der Waals surface area contributed by atoms with Crippen LogP contribution in [0.4, 0.5) is 5.69 Å². The lowest BCUT2D eigenvalue weighted by atomic mass is 10.1. The lowest BCUT2D eigenvalue weighted by Gasteiger charge is -2.23. The zero-order chi connectivity index (χ0) is 24.0. The molecule has 1 fully saturated rings. The van der Waals surface area contributed by atoms with Crippen LogP contribution in [-0.4, -0.2) is 50.9 Å². The molecule has 0 atom stereocenters. The molecular weight excluding hydrogens is 474 g/mol. The van der Waals surface area contributed by atoms with Crippen LogP contribution in [0.3, 0.4) is 0 Å². The third-order valence-electron chi connectivity index (χ3n) is 5.73. The van der Waals surface area contributed by atoms with Gasteiger partial charge in [0.05, 0.1) is 10.6 Å². The van der Waals surface area contributed by atoms with E-state index in [4.69, 9.17) is 11.6 Å². The molecule has 1 aromatic heterocycles. The first-order chi connectivity index (χ1) is 16.4. The van der Waals surface area contributed by atoms with E-state index in [1.807, 2.05) is 30.3 Å². The average Bonchev–Trinajstić information content (AvgIpc) is 3.14. The van der Waals surface area contributed by atoms with E-state index in [0.717, 1.165) is 43.7 Å². The lowest BCUT2D eigenvalue weighted by molar-refractivity contribution is 0.534. The molecule has 10 heteroatoms. The molecule has 8 nitrogen and oxygen atoms in total. The summed E-state index contributed by atoms with van der Waals surface area (Å²) in [4.78, 5) is 14.8. The van der Waals surface area contributed by atoms with Crippen LogP contribution in [0.1, 0.15) is 12.8 Å². The Kier molecular flexibility index (Phi) is 7.99. The lowest BCUT2D eigenvalue weighted by Crippen LogP contribution is -2.32. The molecule has 0 spiro atoms. The number of rotatable bonds is 8. The highest BCUT2D eigenvalue weighted by Crippen LogP contribution is 2.22. The predicted octanol–water partition coefficient (Wildman–Crippen LogP) is 2.73. The molecule has 0 unspecified atom stereocenters. The minimum Gasteiger partial charge on any atom is -0.368 e. The Balaban J connectivity index is 1.33. The normalized spacial score (nSPS) is 14.7. The van der Waals surface area contributed by atoms with Crippen LogP contribution in [0.2, 0.25) is 5.15 Å². The summed E-state index contributed by atoms with van der Waals surface area (Å²) < 4.78 is 29.1. The fourth-order valence-corrected chi connectivity index (χ4v) is 5.24. The number of nitrogens with zero attached hydrogens (tertiary/aromatic N) is 3. The van der Waals surface area contributed by atoms with Gasteiger partial charge in [0.1, 0.15) is 0 Å². The van der Waals surface area contributed by atoms with Crippen molar-refractivity contribution in [1.82, 2.24) is 19.8 Å². The molecule has 0 amide bonds. The molecule has 180 valence electrons. The summed E-state index contributed by atoms with van der Waals surface area (Å²) in [5, 5.41) is 7.83. The minimum atomic E-state index is -3.65. The van der Waals surface area contributed by atoms with Gasteiger partial charge in [-0.15, -0.1) is 0 Å². The van der Waals surface area contributed by atoms with Crippen molar-refractivity contribution in [1.29, 1.82) is 0 Å². The maximum atomic E-state index is 12.6. The van der Waals surface area contributed by atoms with Crippen LogP contribution in [0, 0.1) is 0 Å². The maximum absolute atomic E-state index is 12.6. The zero-order valence-electron chi connectivity index (χ0n) is 18.8. The number of nitrogens with one attached hydrogen (secondary N) is 2. The second-order valence-corrected chi connectivity index (χ2v) is 10.2. The van der Waals surface area contributed by atoms with Crippen molar-refractivity contribution in [2.75, 3.05) is 37.6 Å². The fraction of sp³-hybridized carbons (Fsp3) is 0.333. The van der Waals surface area contributed by atoms with Crippen LogP contribution in [-0.2, 0) is 16.6 Å². The summed E-state index contributed by atoms with van der Waals surface area (Å²) in [5.41, 5.74) is 2.36. The van der Waals surface area contributed by atoms with Gasteiger partial charge in [0, 0.05) is 38.8 Å². The summed E-state index contributed by atoms with van der Waals surface area (Å²) in [5.74, 6) is 0. The minimum absolute atomic E-state index is 0.175. The standard InChI is InChI=1S/C24H28ClN5O3S/c25-24-22(29-15-4-12-26-14-17-29)18-23(31)30(28-24)16-5-13-27-34(32,33)21-10-8-20(9-11-21)19-6-2-1-3-7-19/h1-3,6-11,18,26-27H,4-5,12-17H2. The van der Waals surface area contributed by atoms with Gasteiger partial charge in [-0.25, -0.2) is 17.8 Å². The Morgan fingerprint density at radius 1 is 1.00 bits per heavy atom. The summed E-state index contributed by atoms with van der Waals surface area (Å²) in [6.07, 6.45) is 1.37. The van der Waals surface area contributed by atoms with E-state index >= 15 is 0 Å². The van der Waals surface area contributed by atoms with Gasteiger partial charge >= 0.3 is 0 Å². The van der Waals surface area contributed by atoms with Crippen LogP contribution in [0.5, 0.6) is 0 Å². The van der Waals surface area contributed by atoms with E-state index in [1.54, 1.807) is 24.3 Å². The Morgan fingerprint density at radius 2 is 1.74 bits per heavy atom. The van der Waals surface area contributed by atoms with Gasteiger partial charge in [-0.1, -0.05) is 54.1 Å². The molecule has 0 bridgehead atoms. The SMILES string of the molecule is O=c1cc(N2CCCNCC2)c(Cl)nn1CCCNS(=O)(=O)c1ccc(-c2ccccc2)cc1. The molecule has 34 heavy (non-hydrogen) atoms. The molecule has 3 aromatic rings. The largest absolute Gasteiger partial charge is 0.368 e. The number of anilines is 1. The quantitative estimate of drug-likeness (QED) is 0.461. The second-order valence-electron chi connectivity index (χ2n) is 8.11. The highest BCUT2D eigenvalue weighted by Gasteiger charge is 2.17. The van der Waals surface area contributed by atoms with Crippen LogP contribution in [0.25, 0.3) is 11.1 Å². The van der Waals surface area contributed by atoms with Crippen molar-refractivity contribution in [2.45, 2.75) is 24.3 Å². The molecule has 2 heterocycles. The van der Waals surface area contributed by atoms with Crippen molar-refractivity contribution in [3.8, 4) is 11.1 Å². The highest BCUT2D eigenvalue weighted by molar-refractivity contribution is 7.89. The van der Waals surface area contributed by atoms with Crippen LogP contribution < -0.4 is 20.5 Å². The number of halogens is 1. The van der Waals surface area contributed by atoms with Gasteiger partial charge in [0.2, 0.25) is 10.0 Å². The van der Waals surface area contributed by atoms with Gasteiger partial charge in [0.15, 0.2) is 5.15 Å². The summed E-state index contributed by atoms with van der Waals surface area (Å²) in [7, 11) is -3.65. The van der Waals surface area contributed by atoms with E-state index in [0.29, 0.717) is 12.1 Å². The summed E-state index contributed by atoms with van der Waals surface area (Å²) >= 11 is 6.37. The summed E-state index contributed by atoms with van der Waals surface area (Å²) in [6, 6.07) is 18.0. The molecule has 1 aliphatic rings. The van der Waals surface area contributed by atoms with Crippen LogP contribution >= 0.6 is 11.6 Å². The third kappa shape index (κ3) is 6.04. The molecule has 4 rings (SSSR count). The first-order valence-corrected chi connectivity index (χ1v) is 13.2. The molecule has 2 N–H and O–H groups in total. The number of benzene rings is 2. The topological polar surface area (TPSA) is 96.3 Å². The maximum Gasteiger partial charge on any atom is 0.268 e. The third-order valence-corrected chi connectivity index (χ3v) is 7.47. The van der Waals surface area contributed by atoms with Gasteiger partial charge < -0.3 is 10.2 Å². The Bertz CT molecular complexity index is 1260. The number of hydrogen-bond acceptors (Lipinski definition) is 6. The molecule has 2 aromatic carbocycles. The Morgan fingerprint density at radius 3 is 2.50 bits per heavy atom. The fourth-order valence-electron chi connectivity index (χ4n) is 3.90. The molecular formula is C24H28ClN5O3S. The number of sulfonamides is 1. The van der Waals surface area contributed by atoms with Crippen molar-refractivity contribution >= 4 is 27.3 Å². The molecule has 0 radical (unpaired) electrons. The van der Waals surface area contributed by atoms with Crippen molar-refractivity contribution in [3.05, 3.63) is 76.2 Å². The smallest absolute Gasteiger partial charge is 0.268 e. The van der Waals surface area contributed by atoms with Gasteiger partial charge in [0.25, 0.3) is 5.56 Å².